The number of hydrogen-bond donors (Lipinski definition) is 1. The van der Waals surface area contributed by atoms with Gasteiger partial charge in [0.2, 0.25) is 11.8 Å². The number of aryl methyl sites for hydroxylation is 2. The number of carbonyl (C=O) groups is 2. The van der Waals surface area contributed by atoms with Crippen LogP contribution < -0.4 is 9.62 Å². The first-order valence-electron chi connectivity index (χ1n) is 13.0. The summed E-state index contributed by atoms with van der Waals surface area (Å²) in [4.78, 5) is 28.4. The van der Waals surface area contributed by atoms with Gasteiger partial charge in [0.25, 0.3) is 10.0 Å². The van der Waals surface area contributed by atoms with Gasteiger partial charge in [0.15, 0.2) is 0 Å². The largest absolute Gasteiger partial charge is 0.354 e. The Morgan fingerprint density at radius 1 is 0.900 bits per heavy atom. The van der Waals surface area contributed by atoms with E-state index in [-0.39, 0.29) is 23.3 Å². The van der Waals surface area contributed by atoms with Crippen molar-refractivity contribution in [2.75, 3.05) is 17.4 Å². The summed E-state index contributed by atoms with van der Waals surface area (Å²) >= 11 is 12.4. The highest BCUT2D eigenvalue weighted by Gasteiger charge is 2.33. The number of sulfonamides is 1. The molecule has 3 aromatic carbocycles. The highest BCUT2D eigenvalue weighted by Crippen LogP contribution is 2.27. The molecule has 7 nitrogen and oxygen atoms in total. The number of hydrogen-bond acceptors (Lipinski definition) is 4. The van der Waals surface area contributed by atoms with E-state index in [1.807, 2.05) is 33.8 Å². The van der Waals surface area contributed by atoms with Gasteiger partial charge in [-0.3, -0.25) is 13.9 Å². The Labute approximate surface area is 247 Å². The lowest BCUT2D eigenvalue weighted by Gasteiger charge is -2.32. The first-order valence-corrected chi connectivity index (χ1v) is 15.2. The lowest BCUT2D eigenvalue weighted by atomic mass is 10.1. The molecule has 1 atom stereocenters. The maximum Gasteiger partial charge on any atom is 0.264 e. The molecule has 0 bridgehead atoms. The second-order valence-electron chi connectivity index (χ2n) is 10.2. The molecule has 3 aromatic rings. The normalized spacial score (nSPS) is 12.2. The number of halogens is 2. The Kier molecular flexibility index (Phi) is 10.6. The first-order chi connectivity index (χ1) is 18.8. The van der Waals surface area contributed by atoms with E-state index in [0.29, 0.717) is 27.8 Å². The Morgan fingerprint density at radius 3 is 2.15 bits per heavy atom. The standard InChI is InChI=1S/C30H35Cl2N3O4S/c1-20(2)17-33-30(37)23(5)34(18-24-8-6-7-9-28(24)32)29(36)19-35(26-13-10-21(3)22(4)16-26)40(38,39)27-14-11-25(31)12-15-27/h6-16,20,23H,17-19H2,1-5H3,(H,33,37). The van der Waals surface area contributed by atoms with E-state index in [2.05, 4.69) is 5.32 Å². The molecule has 0 aromatic heterocycles. The van der Waals surface area contributed by atoms with Crippen molar-refractivity contribution in [2.45, 2.75) is 52.1 Å². The van der Waals surface area contributed by atoms with E-state index >= 15 is 0 Å². The van der Waals surface area contributed by atoms with Crippen LogP contribution in [0.15, 0.2) is 71.6 Å². The van der Waals surface area contributed by atoms with Gasteiger partial charge in [-0.25, -0.2) is 8.42 Å². The number of nitrogens with one attached hydrogen (secondary N) is 1. The van der Waals surface area contributed by atoms with E-state index in [0.717, 1.165) is 15.4 Å². The van der Waals surface area contributed by atoms with Gasteiger partial charge in [-0.05, 0) is 85.8 Å². The zero-order chi connectivity index (χ0) is 29.6. The molecule has 0 fully saturated rings. The van der Waals surface area contributed by atoms with Crippen LogP contribution in [0.1, 0.15) is 37.5 Å². The SMILES string of the molecule is Cc1ccc(N(CC(=O)N(Cc2ccccc2Cl)C(C)C(=O)NCC(C)C)S(=O)(=O)c2ccc(Cl)cc2)cc1C. The zero-order valence-electron chi connectivity index (χ0n) is 23.3. The van der Waals surface area contributed by atoms with Gasteiger partial charge in [-0.15, -0.1) is 0 Å². The molecule has 3 rings (SSSR count). The van der Waals surface area contributed by atoms with E-state index in [1.54, 1.807) is 43.3 Å². The molecule has 0 spiro atoms. The van der Waals surface area contributed by atoms with Crippen LogP contribution in [0.2, 0.25) is 10.0 Å². The number of carbonyl (C=O) groups excluding carboxylic acids is 2. The van der Waals surface area contributed by atoms with Gasteiger partial charge in [-0.1, -0.05) is 61.3 Å². The second kappa shape index (κ2) is 13.5. The number of amides is 2. The number of rotatable bonds is 11. The van der Waals surface area contributed by atoms with Crippen molar-refractivity contribution in [3.63, 3.8) is 0 Å². The van der Waals surface area contributed by atoms with Gasteiger partial charge in [0.05, 0.1) is 10.6 Å². The molecule has 0 heterocycles. The van der Waals surface area contributed by atoms with Crippen molar-refractivity contribution < 1.29 is 18.0 Å². The summed E-state index contributed by atoms with van der Waals surface area (Å²) in [6.07, 6.45) is 0. The van der Waals surface area contributed by atoms with Gasteiger partial charge < -0.3 is 10.2 Å². The van der Waals surface area contributed by atoms with Crippen LogP contribution in [0.3, 0.4) is 0 Å². The van der Waals surface area contributed by atoms with Crippen LogP contribution >= 0.6 is 23.2 Å². The van der Waals surface area contributed by atoms with Crippen molar-refractivity contribution in [1.29, 1.82) is 0 Å². The number of benzene rings is 3. The van der Waals surface area contributed by atoms with E-state index in [9.17, 15) is 18.0 Å². The Hall–Kier alpha value is -3.07. The Balaban J connectivity index is 2.05. The molecule has 0 aliphatic heterocycles. The van der Waals surface area contributed by atoms with Crippen LogP contribution in [0.25, 0.3) is 0 Å². The minimum Gasteiger partial charge on any atom is -0.354 e. The average Bonchev–Trinajstić information content (AvgIpc) is 2.91. The molecule has 0 aliphatic carbocycles. The molecule has 1 N–H and O–H groups in total. The van der Waals surface area contributed by atoms with Crippen molar-refractivity contribution in [3.05, 3.63) is 93.5 Å². The maximum absolute atomic E-state index is 14.0. The summed E-state index contributed by atoms with van der Waals surface area (Å²) in [5.74, 6) is -0.677. The van der Waals surface area contributed by atoms with Crippen molar-refractivity contribution in [2.24, 2.45) is 5.92 Å². The summed E-state index contributed by atoms with van der Waals surface area (Å²) in [6.45, 7) is 9.30. The van der Waals surface area contributed by atoms with E-state index < -0.39 is 28.5 Å². The van der Waals surface area contributed by atoms with Crippen LogP contribution in [0.5, 0.6) is 0 Å². The molecule has 40 heavy (non-hydrogen) atoms. The highest BCUT2D eigenvalue weighted by atomic mass is 35.5. The first kappa shape index (κ1) is 31.5. The number of nitrogens with zero attached hydrogens (tertiary/aromatic N) is 2. The fourth-order valence-corrected chi connectivity index (χ4v) is 5.72. The molecule has 1 unspecified atom stereocenters. The highest BCUT2D eigenvalue weighted by molar-refractivity contribution is 7.92. The fourth-order valence-electron chi connectivity index (χ4n) is 3.99. The molecule has 0 aliphatic rings. The quantitative estimate of drug-likeness (QED) is 0.291. The van der Waals surface area contributed by atoms with Crippen molar-refractivity contribution in [3.8, 4) is 0 Å². The Morgan fingerprint density at radius 2 is 1.55 bits per heavy atom. The van der Waals surface area contributed by atoms with Gasteiger partial charge in [0, 0.05) is 23.1 Å². The van der Waals surface area contributed by atoms with Gasteiger partial charge in [0.1, 0.15) is 12.6 Å². The fraction of sp³-hybridized carbons (Fsp3) is 0.333. The third-order valence-electron chi connectivity index (χ3n) is 6.61. The van der Waals surface area contributed by atoms with Crippen LogP contribution in [0, 0.1) is 19.8 Å². The molecular weight excluding hydrogens is 569 g/mol. The molecular formula is C30H35Cl2N3O4S. The monoisotopic (exact) mass is 603 g/mol. The summed E-state index contributed by atoms with van der Waals surface area (Å²) < 4.78 is 28.9. The third kappa shape index (κ3) is 7.77. The summed E-state index contributed by atoms with van der Waals surface area (Å²) in [7, 11) is -4.18. The average molecular weight is 605 g/mol. The Bertz CT molecular complexity index is 1460. The lowest BCUT2D eigenvalue weighted by molar-refractivity contribution is -0.139. The summed E-state index contributed by atoms with van der Waals surface area (Å²) in [5.41, 5.74) is 2.82. The smallest absolute Gasteiger partial charge is 0.264 e. The van der Waals surface area contributed by atoms with Crippen molar-refractivity contribution in [1.82, 2.24) is 10.2 Å². The molecule has 0 radical (unpaired) electrons. The van der Waals surface area contributed by atoms with Crippen LogP contribution in [0.4, 0.5) is 5.69 Å². The number of anilines is 1. The minimum absolute atomic E-state index is 0.0108. The van der Waals surface area contributed by atoms with Crippen molar-refractivity contribution >= 4 is 50.7 Å². The minimum atomic E-state index is -4.18. The lowest BCUT2D eigenvalue weighted by Crippen LogP contribution is -2.51. The predicted molar refractivity (Wildman–Crippen MR) is 161 cm³/mol. The molecule has 0 saturated heterocycles. The van der Waals surface area contributed by atoms with Gasteiger partial charge in [-0.2, -0.15) is 0 Å². The molecule has 214 valence electrons. The van der Waals surface area contributed by atoms with E-state index in [1.165, 1.54) is 29.2 Å². The summed E-state index contributed by atoms with van der Waals surface area (Å²) in [5, 5.41) is 3.70. The van der Waals surface area contributed by atoms with Crippen LogP contribution in [-0.2, 0) is 26.2 Å². The molecule has 2 amide bonds. The molecule has 0 saturated carbocycles. The van der Waals surface area contributed by atoms with Crippen LogP contribution in [-0.4, -0.2) is 44.3 Å². The topological polar surface area (TPSA) is 86.8 Å². The van der Waals surface area contributed by atoms with E-state index in [4.69, 9.17) is 23.2 Å². The zero-order valence-corrected chi connectivity index (χ0v) is 25.6. The molecule has 10 heteroatoms. The summed E-state index contributed by atoms with van der Waals surface area (Å²) in [6, 6.07) is 17.1. The second-order valence-corrected chi connectivity index (χ2v) is 12.9. The third-order valence-corrected chi connectivity index (χ3v) is 9.02. The predicted octanol–water partition coefficient (Wildman–Crippen LogP) is 6.00. The van der Waals surface area contributed by atoms with Gasteiger partial charge >= 0.3 is 0 Å². The maximum atomic E-state index is 14.0.